The molecule has 1 N–H and O–H groups in total. The van der Waals surface area contributed by atoms with Crippen LogP contribution in [0.1, 0.15) is 60.9 Å². The van der Waals surface area contributed by atoms with Crippen molar-refractivity contribution in [2.75, 3.05) is 23.5 Å². The first-order valence-corrected chi connectivity index (χ1v) is 12.9. The molecule has 1 aliphatic heterocycles. The number of nitrogens with zero attached hydrogens (tertiary/aromatic N) is 4. The number of ether oxygens (including phenoxy) is 2. The highest BCUT2D eigenvalue weighted by atomic mass is 19.4. The lowest BCUT2D eigenvalue weighted by Crippen LogP contribution is -2.48. The quantitative estimate of drug-likeness (QED) is 0.292. The van der Waals surface area contributed by atoms with Crippen LogP contribution in [0.3, 0.4) is 0 Å². The van der Waals surface area contributed by atoms with Gasteiger partial charge in [0, 0.05) is 18.2 Å². The summed E-state index contributed by atoms with van der Waals surface area (Å²) in [6.45, 7) is 2.44. The van der Waals surface area contributed by atoms with E-state index in [4.69, 9.17) is 14.0 Å². The van der Waals surface area contributed by atoms with Gasteiger partial charge in [0.1, 0.15) is 12.4 Å². The number of hydrogen-bond acceptors (Lipinski definition) is 8. The van der Waals surface area contributed by atoms with E-state index in [0.29, 0.717) is 35.6 Å². The van der Waals surface area contributed by atoms with Gasteiger partial charge >= 0.3 is 18.4 Å². The molecule has 15 heteroatoms. The lowest BCUT2D eigenvalue weighted by Gasteiger charge is -2.43. The van der Waals surface area contributed by atoms with Crippen LogP contribution >= 0.6 is 0 Å². The van der Waals surface area contributed by atoms with Gasteiger partial charge in [-0.15, -0.1) is 0 Å². The van der Waals surface area contributed by atoms with Gasteiger partial charge in [-0.25, -0.2) is 4.79 Å². The van der Waals surface area contributed by atoms with Crippen LogP contribution in [-0.2, 0) is 30.2 Å². The van der Waals surface area contributed by atoms with E-state index in [9.17, 15) is 36.2 Å². The van der Waals surface area contributed by atoms with Crippen molar-refractivity contribution in [3.05, 3.63) is 64.5 Å². The number of benzene rings is 2. The summed E-state index contributed by atoms with van der Waals surface area (Å²) < 4.78 is 97.6. The lowest BCUT2D eigenvalue weighted by atomic mass is 9.88. The molecule has 1 amide bonds. The summed E-state index contributed by atoms with van der Waals surface area (Å²) in [6.07, 6.45) is -10.1. The SMILES string of the molecule is CCOC(=O)N1c2ccc(OC)cc2C(N(Cc2cc(C(F)(F)F)cc(C(F)(F)F)c2)c2noc(CO)n2)CC1CC. The molecule has 0 saturated carbocycles. The van der Waals surface area contributed by atoms with E-state index in [0.717, 1.165) is 0 Å². The number of anilines is 2. The average Bonchev–Trinajstić information content (AvgIpc) is 3.43. The molecule has 0 saturated heterocycles. The molecule has 228 valence electrons. The highest BCUT2D eigenvalue weighted by Crippen LogP contribution is 2.45. The van der Waals surface area contributed by atoms with E-state index < -0.39 is 54.8 Å². The van der Waals surface area contributed by atoms with Crippen molar-refractivity contribution in [3.63, 3.8) is 0 Å². The fourth-order valence-corrected chi connectivity index (χ4v) is 4.97. The fourth-order valence-electron chi connectivity index (χ4n) is 4.97. The van der Waals surface area contributed by atoms with Crippen molar-refractivity contribution in [2.24, 2.45) is 0 Å². The van der Waals surface area contributed by atoms with Crippen LogP contribution in [0.5, 0.6) is 5.75 Å². The number of halogens is 6. The van der Waals surface area contributed by atoms with Gasteiger partial charge in [0.25, 0.3) is 11.8 Å². The van der Waals surface area contributed by atoms with E-state index in [-0.39, 0.29) is 36.5 Å². The summed E-state index contributed by atoms with van der Waals surface area (Å²) in [7, 11) is 1.42. The lowest BCUT2D eigenvalue weighted by molar-refractivity contribution is -0.143. The van der Waals surface area contributed by atoms with Gasteiger partial charge in [0.2, 0.25) is 0 Å². The molecule has 2 aromatic carbocycles. The van der Waals surface area contributed by atoms with Crippen molar-refractivity contribution in [1.82, 2.24) is 10.1 Å². The maximum Gasteiger partial charge on any atom is 0.416 e. The summed E-state index contributed by atoms with van der Waals surface area (Å²) in [4.78, 5) is 20.0. The first-order chi connectivity index (χ1) is 19.8. The maximum absolute atomic E-state index is 13.6. The average molecular weight is 603 g/mol. The minimum atomic E-state index is -5.05. The fraction of sp³-hybridized carbons (Fsp3) is 0.444. The zero-order valence-corrected chi connectivity index (χ0v) is 22.8. The third-order valence-electron chi connectivity index (χ3n) is 6.88. The monoisotopic (exact) mass is 602 g/mol. The molecular weight excluding hydrogens is 574 g/mol. The van der Waals surface area contributed by atoms with Gasteiger partial charge in [0.15, 0.2) is 0 Å². The van der Waals surface area contributed by atoms with E-state index in [2.05, 4.69) is 10.1 Å². The van der Waals surface area contributed by atoms with E-state index >= 15 is 0 Å². The van der Waals surface area contributed by atoms with Crippen molar-refractivity contribution in [3.8, 4) is 5.75 Å². The Kier molecular flexibility index (Phi) is 8.89. The molecule has 0 fully saturated rings. The predicted octanol–water partition coefficient (Wildman–Crippen LogP) is 6.50. The largest absolute Gasteiger partial charge is 0.497 e. The zero-order chi connectivity index (χ0) is 30.8. The highest BCUT2D eigenvalue weighted by molar-refractivity contribution is 5.90. The van der Waals surface area contributed by atoms with Crippen molar-refractivity contribution in [2.45, 2.75) is 64.3 Å². The van der Waals surface area contributed by atoms with Gasteiger partial charge in [-0.3, -0.25) is 4.90 Å². The topological polar surface area (TPSA) is 101 Å². The second-order valence-electron chi connectivity index (χ2n) is 9.50. The predicted molar refractivity (Wildman–Crippen MR) is 137 cm³/mol. The summed E-state index contributed by atoms with van der Waals surface area (Å²) >= 11 is 0. The van der Waals surface area contributed by atoms with Crippen LogP contribution in [0.4, 0.5) is 42.8 Å². The molecule has 2 unspecified atom stereocenters. The maximum atomic E-state index is 13.6. The molecule has 0 bridgehead atoms. The Balaban J connectivity index is 1.90. The van der Waals surface area contributed by atoms with Crippen LogP contribution in [0.2, 0.25) is 0 Å². The van der Waals surface area contributed by atoms with Crippen molar-refractivity contribution in [1.29, 1.82) is 0 Å². The van der Waals surface area contributed by atoms with Crippen LogP contribution < -0.4 is 14.5 Å². The number of carbonyl (C=O) groups excluding carboxylic acids is 1. The molecular formula is C27H28F6N4O5. The van der Waals surface area contributed by atoms with Crippen LogP contribution in [0.25, 0.3) is 0 Å². The third kappa shape index (κ3) is 6.40. The number of amides is 1. The Bertz CT molecular complexity index is 1380. The summed E-state index contributed by atoms with van der Waals surface area (Å²) in [6, 6.07) is 4.92. The van der Waals surface area contributed by atoms with E-state index in [1.165, 1.54) is 16.9 Å². The smallest absolute Gasteiger partial charge is 0.416 e. The van der Waals surface area contributed by atoms with Crippen molar-refractivity contribution < 1.29 is 50.2 Å². The number of methoxy groups -OCH3 is 1. The van der Waals surface area contributed by atoms with Crippen molar-refractivity contribution >= 4 is 17.7 Å². The first kappa shape index (κ1) is 30.9. The van der Waals surface area contributed by atoms with Gasteiger partial charge < -0.3 is 24.0 Å². The third-order valence-corrected chi connectivity index (χ3v) is 6.88. The minimum absolute atomic E-state index is 0.0527. The van der Waals surface area contributed by atoms with Gasteiger partial charge in [0.05, 0.1) is 36.6 Å². The number of aliphatic hydroxyl groups is 1. The molecule has 0 radical (unpaired) electrons. The Labute approximate surface area is 236 Å². The molecule has 1 aromatic heterocycles. The first-order valence-electron chi connectivity index (χ1n) is 12.9. The highest BCUT2D eigenvalue weighted by Gasteiger charge is 2.41. The number of aromatic nitrogens is 2. The van der Waals surface area contributed by atoms with Crippen LogP contribution in [-0.4, -0.2) is 41.1 Å². The van der Waals surface area contributed by atoms with Gasteiger partial charge in [-0.2, -0.15) is 31.3 Å². The van der Waals surface area contributed by atoms with Gasteiger partial charge in [-0.1, -0.05) is 6.92 Å². The number of alkyl halides is 6. The normalized spacial score (nSPS) is 17.1. The second-order valence-corrected chi connectivity index (χ2v) is 9.50. The number of rotatable bonds is 8. The Hall–Kier alpha value is -4.01. The molecule has 2 atom stereocenters. The molecule has 3 aromatic rings. The Morgan fingerprint density at radius 2 is 1.76 bits per heavy atom. The number of hydrogen-bond donors (Lipinski definition) is 1. The molecule has 1 aliphatic rings. The molecule has 42 heavy (non-hydrogen) atoms. The van der Waals surface area contributed by atoms with Gasteiger partial charge in [-0.05, 0) is 66.9 Å². The Morgan fingerprint density at radius 3 is 2.29 bits per heavy atom. The molecule has 0 aliphatic carbocycles. The zero-order valence-electron chi connectivity index (χ0n) is 22.8. The number of aliphatic hydroxyl groups excluding tert-OH is 1. The molecule has 9 nitrogen and oxygen atoms in total. The van der Waals surface area contributed by atoms with Crippen LogP contribution in [0.15, 0.2) is 40.9 Å². The number of fused-ring (bicyclic) bond motifs is 1. The molecule has 0 spiro atoms. The summed E-state index contributed by atoms with van der Waals surface area (Å²) in [5.41, 5.74) is -2.39. The van der Waals surface area contributed by atoms with E-state index in [1.54, 1.807) is 25.1 Å². The molecule has 4 rings (SSSR count). The second kappa shape index (κ2) is 12.1. The summed E-state index contributed by atoms with van der Waals surface area (Å²) in [5, 5.41) is 13.3. The minimum Gasteiger partial charge on any atom is -0.497 e. The number of carbonyl (C=O) groups is 1. The van der Waals surface area contributed by atoms with E-state index in [1.807, 2.05) is 6.92 Å². The summed E-state index contributed by atoms with van der Waals surface area (Å²) in [5.74, 6) is 0.000149. The van der Waals surface area contributed by atoms with Crippen LogP contribution in [0, 0.1) is 0 Å². The Morgan fingerprint density at radius 1 is 1.10 bits per heavy atom. The molecule has 2 heterocycles. The standard InChI is InChI=1S/C27H28F6N4O5/c1-4-18-11-22(20-12-19(40-3)6-7-21(20)37(18)25(39)41-5-2)36(24-34-23(14-38)42-35-24)13-15-8-16(26(28,29)30)10-17(9-15)27(31,32)33/h6-10,12,18,22,38H,4-5,11,13-14H2,1-3H3.